The van der Waals surface area contributed by atoms with Crippen LogP contribution in [0.4, 0.5) is 0 Å². The van der Waals surface area contributed by atoms with E-state index in [2.05, 4.69) is 5.32 Å². The number of ether oxygens (including phenoxy) is 2. The van der Waals surface area contributed by atoms with E-state index in [1.54, 1.807) is 25.3 Å². The molecule has 0 bridgehead atoms. The van der Waals surface area contributed by atoms with Crippen LogP contribution in [0.5, 0.6) is 11.5 Å². The number of hydrogen-bond acceptors (Lipinski definition) is 5. The van der Waals surface area contributed by atoms with E-state index in [0.717, 1.165) is 16.9 Å². The van der Waals surface area contributed by atoms with Crippen molar-refractivity contribution in [2.75, 3.05) is 26.8 Å². The lowest BCUT2D eigenvalue weighted by Gasteiger charge is -2.31. The molecule has 8 heteroatoms. The maximum atomic E-state index is 13.2. The lowest BCUT2D eigenvalue weighted by Crippen LogP contribution is -2.45. The second-order valence-electron chi connectivity index (χ2n) is 7.63. The SMILES string of the molecule is CCOc1ccc(S(=O)(=O)N2CCC[C@@H](C(=O)NCc3ccc(OC)cc3)C2)cc1C. The predicted molar refractivity (Wildman–Crippen MR) is 119 cm³/mol. The first-order chi connectivity index (χ1) is 14.8. The molecule has 31 heavy (non-hydrogen) atoms. The number of nitrogens with zero attached hydrogens (tertiary/aromatic N) is 1. The summed E-state index contributed by atoms with van der Waals surface area (Å²) in [6, 6.07) is 12.4. The number of aryl methyl sites for hydroxylation is 1. The lowest BCUT2D eigenvalue weighted by atomic mass is 9.99. The molecule has 1 atom stereocenters. The molecule has 0 aliphatic carbocycles. The van der Waals surface area contributed by atoms with Gasteiger partial charge in [-0.25, -0.2) is 8.42 Å². The summed E-state index contributed by atoms with van der Waals surface area (Å²) in [7, 11) is -2.07. The van der Waals surface area contributed by atoms with Crippen LogP contribution in [0.3, 0.4) is 0 Å². The summed E-state index contributed by atoms with van der Waals surface area (Å²) in [4.78, 5) is 12.9. The summed E-state index contributed by atoms with van der Waals surface area (Å²) in [6.07, 6.45) is 1.32. The van der Waals surface area contributed by atoms with Crippen molar-refractivity contribution in [2.24, 2.45) is 5.92 Å². The molecule has 1 aliphatic rings. The maximum absolute atomic E-state index is 13.2. The largest absolute Gasteiger partial charge is 0.497 e. The van der Waals surface area contributed by atoms with Crippen LogP contribution >= 0.6 is 0 Å². The molecule has 3 rings (SSSR count). The molecule has 0 radical (unpaired) electrons. The van der Waals surface area contributed by atoms with E-state index in [9.17, 15) is 13.2 Å². The van der Waals surface area contributed by atoms with Gasteiger partial charge in [-0.1, -0.05) is 12.1 Å². The minimum atomic E-state index is -3.67. The molecule has 7 nitrogen and oxygen atoms in total. The van der Waals surface area contributed by atoms with Gasteiger partial charge in [0.25, 0.3) is 0 Å². The minimum Gasteiger partial charge on any atom is -0.497 e. The standard InChI is InChI=1S/C23H30N2O5S/c1-4-30-22-12-11-21(14-17(22)2)31(27,28)25-13-5-6-19(16-25)23(26)24-15-18-7-9-20(29-3)10-8-18/h7-12,14,19H,4-6,13,15-16H2,1-3H3,(H,24,26)/t19-/m1/s1. The molecule has 0 saturated carbocycles. The third kappa shape index (κ3) is 5.57. The highest BCUT2D eigenvalue weighted by molar-refractivity contribution is 7.89. The van der Waals surface area contributed by atoms with Gasteiger partial charge in [-0.3, -0.25) is 4.79 Å². The average Bonchev–Trinajstić information content (AvgIpc) is 2.79. The number of rotatable bonds is 8. The van der Waals surface area contributed by atoms with Gasteiger partial charge in [0.1, 0.15) is 11.5 Å². The number of carbonyl (C=O) groups is 1. The fourth-order valence-corrected chi connectivity index (χ4v) is 5.31. The number of sulfonamides is 1. The van der Waals surface area contributed by atoms with Crippen LogP contribution < -0.4 is 14.8 Å². The monoisotopic (exact) mass is 446 g/mol. The second kappa shape index (κ2) is 10.2. The molecule has 1 N–H and O–H groups in total. The minimum absolute atomic E-state index is 0.126. The number of piperidine rings is 1. The third-order valence-electron chi connectivity index (χ3n) is 5.46. The number of carbonyl (C=O) groups excluding carboxylic acids is 1. The van der Waals surface area contributed by atoms with E-state index in [-0.39, 0.29) is 23.3 Å². The Balaban J connectivity index is 1.64. The van der Waals surface area contributed by atoms with Crippen molar-refractivity contribution in [3.8, 4) is 11.5 Å². The van der Waals surface area contributed by atoms with Crippen LogP contribution in [-0.2, 0) is 21.4 Å². The molecule has 1 fully saturated rings. The first kappa shape index (κ1) is 23.1. The van der Waals surface area contributed by atoms with Crippen molar-refractivity contribution in [3.05, 3.63) is 53.6 Å². The number of benzene rings is 2. The molecular weight excluding hydrogens is 416 g/mol. The Hall–Kier alpha value is -2.58. The lowest BCUT2D eigenvalue weighted by molar-refractivity contribution is -0.126. The number of hydrogen-bond donors (Lipinski definition) is 1. The summed E-state index contributed by atoms with van der Waals surface area (Å²) in [5, 5.41) is 2.93. The molecule has 0 aromatic heterocycles. The van der Waals surface area contributed by atoms with E-state index in [1.165, 1.54) is 4.31 Å². The third-order valence-corrected chi connectivity index (χ3v) is 7.33. The van der Waals surface area contributed by atoms with Crippen LogP contribution in [-0.4, -0.2) is 45.4 Å². The quantitative estimate of drug-likeness (QED) is 0.674. The predicted octanol–water partition coefficient (Wildman–Crippen LogP) is 3.12. The van der Waals surface area contributed by atoms with Crippen LogP contribution in [0.25, 0.3) is 0 Å². The average molecular weight is 447 g/mol. The van der Waals surface area contributed by atoms with Gasteiger partial charge in [-0.15, -0.1) is 0 Å². The fraction of sp³-hybridized carbons (Fsp3) is 0.435. The Labute approximate surface area is 184 Å². The summed E-state index contributed by atoms with van der Waals surface area (Å²) in [5.74, 6) is 0.938. The Morgan fingerprint density at radius 2 is 1.94 bits per heavy atom. The summed E-state index contributed by atoms with van der Waals surface area (Å²) in [5.41, 5.74) is 1.73. The van der Waals surface area contributed by atoms with Crippen molar-refractivity contribution in [2.45, 2.75) is 38.1 Å². The Kier molecular flexibility index (Phi) is 7.56. The van der Waals surface area contributed by atoms with Gasteiger partial charge in [0, 0.05) is 19.6 Å². The molecule has 0 unspecified atom stereocenters. The highest BCUT2D eigenvalue weighted by atomic mass is 32.2. The van der Waals surface area contributed by atoms with Crippen LogP contribution in [0.1, 0.15) is 30.9 Å². The van der Waals surface area contributed by atoms with E-state index in [0.29, 0.717) is 38.3 Å². The molecule has 168 valence electrons. The zero-order valence-corrected chi connectivity index (χ0v) is 19.1. The van der Waals surface area contributed by atoms with Gasteiger partial charge < -0.3 is 14.8 Å². The van der Waals surface area contributed by atoms with E-state index in [4.69, 9.17) is 9.47 Å². The van der Waals surface area contributed by atoms with Gasteiger partial charge in [0.2, 0.25) is 15.9 Å². The number of amides is 1. The molecule has 1 aliphatic heterocycles. The highest BCUT2D eigenvalue weighted by Crippen LogP contribution is 2.27. The fourth-order valence-electron chi connectivity index (χ4n) is 3.70. The zero-order chi connectivity index (χ0) is 22.4. The molecule has 1 saturated heterocycles. The summed E-state index contributed by atoms with van der Waals surface area (Å²) >= 11 is 0. The zero-order valence-electron chi connectivity index (χ0n) is 18.3. The molecule has 0 spiro atoms. The van der Waals surface area contributed by atoms with Crippen molar-refractivity contribution < 1.29 is 22.7 Å². The molecule has 2 aromatic carbocycles. The van der Waals surface area contributed by atoms with Crippen LogP contribution in [0.2, 0.25) is 0 Å². The summed E-state index contributed by atoms with van der Waals surface area (Å²) < 4.78 is 38.4. The Morgan fingerprint density at radius 1 is 1.19 bits per heavy atom. The summed E-state index contributed by atoms with van der Waals surface area (Å²) in [6.45, 7) is 5.23. The van der Waals surface area contributed by atoms with E-state index >= 15 is 0 Å². The topological polar surface area (TPSA) is 84.9 Å². The van der Waals surface area contributed by atoms with Gasteiger partial charge in [-0.05, 0) is 68.1 Å². The van der Waals surface area contributed by atoms with E-state index < -0.39 is 10.0 Å². The Morgan fingerprint density at radius 3 is 2.58 bits per heavy atom. The molecule has 1 heterocycles. The van der Waals surface area contributed by atoms with Crippen molar-refractivity contribution in [3.63, 3.8) is 0 Å². The van der Waals surface area contributed by atoms with Crippen molar-refractivity contribution in [1.29, 1.82) is 0 Å². The smallest absolute Gasteiger partial charge is 0.243 e. The van der Waals surface area contributed by atoms with E-state index in [1.807, 2.05) is 38.1 Å². The van der Waals surface area contributed by atoms with Gasteiger partial charge in [0.15, 0.2) is 0 Å². The van der Waals surface area contributed by atoms with Crippen LogP contribution in [0.15, 0.2) is 47.4 Å². The second-order valence-corrected chi connectivity index (χ2v) is 9.57. The maximum Gasteiger partial charge on any atom is 0.243 e. The number of nitrogens with one attached hydrogen (secondary N) is 1. The van der Waals surface area contributed by atoms with Gasteiger partial charge >= 0.3 is 0 Å². The molecule has 1 amide bonds. The molecule has 2 aromatic rings. The first-order valence-electron chi connectivity index (χ1n) is 10.5. The molecular formula is C23H30N2O5S. The van der Waals surface area contributed by atoms with Gasteiger partial charge in [-0.2, -0.15) is 4.31 Å². The first-order valence-corrected chi connectivity index (χ1v) is 11.9. The number of methoxy groups -OCH3 is 1. The van der Waals surface area contributed by atoms with Crippen molar-refractivity contribution >= 4 is 15.9 Å². The highest BCUT2D eigenvalue weighted by Gasteiger charge is 2.33. The van der Waals surface area contributed by atoms with Crippen LogP contribution in [0, 0.1) is 12.8 Å². The van der Waals surface area contributed by atoms with Crippen molar-refractivity contribution in [1.82, 2.24) is 9.62 Å². The van der Waals surface area contributed by atoms with Gasteiger partial charge in [0.05, 0.1) is 24.5 Å². The Bertz CT molecular complexity index is 1010. The normalized spacial score (nSPS) is 17.2.